The number of benzene rings is 1. The largest absolute Gasteiger partial charge is 0.487 e. The summed E-state index contributed by atoms with van der Waals surface area (Å²) in [5.74, 6) is -4.67. The molecule has 4 atom stereocenters. The van der Waals surface area contributed by atoms with E-state index >= 15 is 0 Å². The molecule has 0 aliphatic heterocycles. The second-order valence-electron chi connectivity index (χ2n) is 7.33. The Labute approximate surface area is 169 Å². The van der Waals surface area contributed by atoms with Gasteiger partial charge in [-0.25, -0.2) is 0 Å². The summed E-state index contributed by atoms with van der Waals surface area (Å²) < 4.78 is 33.4. The summed E-state index contributed by atoms with van der Waals surface area (Å²) in [6, 6.07) is 8.34. The zero-order chi connectivity index (χ0) is 21.3. The minimum Gasteiger partial charge on any atom is -0.487 e. The van der Waals surface area contributed by atoms with Crippen LogP contribution < -0.4 is 4.74 Å². The lowest BCUT2D eigenvalue weighted by Gasteiger charge is -2.20. The molecule has 1 aromatic rings. The van der Waals surface area contributed by atoms with E-state index in [-0.39, 0.29) is 18.8 Å². The number of rotatable bonds is 11. The molecule has 3 N–H and O–H groups in total. The zero-order valence-corrected chi connectivity index (χ0v) is 16.2. The highest BCUT2D eigenvalue weighted by Crippen LogP contribution is 2.37. The number of ether oxygens (including phenoxy) is 1. The molecule has 4 unspecified atom stereocenters. The highest BCUT2D eigenvalue weighted by atomic mass is 19.3. The third-order valence-electron chi connectivity index (χ3n) is 4.99. The molecule has 0 amide bonds. The second kappa shape index (κ2) is 11.1. The number of carboxylic acid groups (broad SMARTS) is 1. The van der Waals surface area contributed by atoms with Crippen LogP contribution in [0.4, 0.5) is 8.78 Å². The van der Waals surface area contributed by atoms with Crippen LogP contribution in [0.5, 0.6) is 5.75 Å². The molecule has 0 spiro atoms. The summed E-state index contributed by atoms with van der Waals surface area (Å²) in [4.78, 5) is 10.5. The molecule has 0 bridgehead atoms. The van der Waals surface area contributed by atoms with Gasteiger partial charge in [-0.1, -0.05) is 36.4 Å². The van der Waals surface area contributed by atoms with E-state index in [1.807, 2.05) is 12.2 Å². The van der Waals surface area contributed by atoms with Gasteiger partial charge in [-0.2, -0.15) is 8.78 Å². The monoisotopic (exact) mass is 410 g/mol. The predicted octanol–water partition coefficient (Wildman–Crippen LogP) is 3.82. The normalized spacial score (nSPS) is 25.1. The molecular formula is C22H28F2O5. The van der Waals surface area contributed by atoms with Gasteiger partial charge in [0.2, 0.25) is 0 Å². The SMILES string of the molecule is O=C(O)CCCC=CCC1C(O)CC(O)C1C=CC(F)(F)COc1ccccc1. The molecule has 0 heterocycles. The number of unbranched alkanes of at least 4 members (excludes halogenated alkanes) is 1. The maximum atomic E-state index is 14.2. The van der Waals surface area contributed by atoms with Crippen LogP contribution in [-0.2, 0) is 4.79 Å². The second-order valence-corrected chi connectivity index (χ2v) is 7.33. The third-order valence-corrected chi connectivity index (χ3v) is 4.99. The van der Waals surface area contributed by atoms with Crippen molar-refractivity contribution in [2.75, 3.05) is 6.61 Å². The minimum absolute atomic E-state index is 0.0839. The third kappa shape index (κ3) is 7.95. The summed E-state index contributed by atoms with van der Waals surface area (Å²) in [5.41, 5.74) is 0. The average Bonchev–Trinajstić information content (AvgIpc) is 2.94. The number of hydrogen-bond donors (Lipinski definition) is 3. The molecule has 0 saturated heterocycles. The molecule has 7 heteroatoms. The van der Waals surface area contributed by atoms with Crippen molar-refractivity contribution >= 4 is 5.97 Å². The molecule has 1 aliphatic carbocycles. The fourth-order valence-electron chi connectivity index (χ4n) is 3.45. The van der Waals surface area contributed by atoms with Crippen molar-refractivity contribution in [3.8, 4) is 5.75 Å². The van der Waals surface area contributed by atoms with Gasteiger partial charge >= 0.3 is 5.97 Å². The lowest BCUT2D eigenvalue weighted by atomic mass is 9.89. The number of carboxylic acids is 1. The van der Waals surface area contributed by atoms with Gasteiger partial charge in [0.1, 0.15) is 5.75 Å². The maximum absolute atomic E-state index is 14.2. The lowest BCUT2D eigenvalue weighted by Crippen LogP contribution is -2.25. The van der Waals surface area contributed by atoms with Crippen molar-refractivity contribution in [1.82, 2.24) is 0 Å². The van der Waals surface area contributed by atoms with E-state index in [4.69, 9.17) is 9.84 Å². The van der Waals surface area contributed by atoms with Crippen LogP contribution in [0.2, 0.25) is 0 Å². The number of halogens is 2. The molecule has 1 saturated carbocycles. The van der Waals surface area contributed by atoms with Gasteiger partial charge in [-0.15, -0.1) is 0 Å². The van der Waals surface area contributed by atoms with E-state index in [1.54, 1.807) is 30.3 Å². The van der Waals surface area contributed by atoms with Crippen molar-refractivity contribution < 1.29 is 33.6 Å². The summed E-state index contributed by atoms with van der Waals surface area (Å²) in [6.45, 7) is -0.812. The van der Waals surface area contributed by atoms with Gasteiger partial charge in [0.05, 0.1) is 12.2 Å². The van der Waals surface area contributed by atoms with E-state index in [0.29, 0.717) is 25.0 Å². The van der Waals surface area contributed by atoms with Crippen molar-refractivity contribution in [2.45, 2.75) is 50.2 Å². The van der Waals surface area contributed by atoms with Crippen LogP contribution in [0.15, 0.2) is 54.6 Å². The Bertz CT molecular complexity index is 690. The molecule has 29 heavy (non-hydrogen) atoms. The number of hydrogen-bond acceptors (Lipinski definition) is 4. The van der Waals surface area contributed by atoms with Gasteiger partial charge in [0.15, 0.2) is 6.61 Å². The number of para-hydroxylation sites is 1. The molecule has 160 valence electrons. The Hall–Kier alpha value is -2.25. The van der Waals surface area contributed by atoms with Gasteiger partial charge in [-0.3, -0.25) is 4.79 Å². The Kier molecular flexibility index (Phi) is 8.79. The molecule has 1 aromatic carbocycles. The standard InChI is InChI=1S/C22H28F2O5/c23-22(24,15-29-16-8-4-3-5-9-16)13-12-18-17(19(25)14-20(18)26)10-6-1-2-7-11-21(27)28/h1,3-6,8-9,12-13,17-20,25-26H,2,7,10-11,14-15H2,(H,27,28). The predicted molar refractivity (Wildman–Crippen MR) is 105 cm³/mol. The summed E-state index contributed by atoms with van der Waals surface area (Å²) >= 11 is 0. The minimum atomic E-state index is -3.21. The van der Waals surface area contributed by atoms with Crippen LogP contribution in [0, 0.1) is 11.8 Å². The van der Waals surface area contributed by atoms with E-state index in [1.165, 1.54) is 6.08 Å². The van der Waals surface area contributed by atoms with Crippen molar-refractivity contribution in [1.29, 1.82) is 0 Å². The highest BCUT2D eigenvalue weighted by Gasteiger charge is 2.40. The summed E-state index contributed by atoms with van der Waals surface area (Å²) in [6.07, 6.45) is 5.73. The Morgan fingerprint density at radius 3 is 2.59 bits per heavy atom. The van der Waals surface area contributed by atoms with Gasteiger partial charge in [0, 0.05) is 18.8 Å². The zero-order valence-electron chi connectivity index (χ0n) is 16.2. The van der Waals surface area contributed by atoms with E-state index in [9.17, 15) is 23.8 Å². The first-order valence-corrected chi connectivity index (χ1v) is 9.76. The van der Waals surface area contributed by atoms with Crippen LogP contribution in [0.1, 0.15) is 32.1 Å². The maximum Gasteiger partial charge on any atom is 0.303 e. The first-order valence-electron chi connectivity index (χ1n) is 9.76. The molecule has 1 aliphatic rings. The molecule has 5 nitrogen and oxygen atoms in total. The van der Waals surface area contributed by atoms with Crippen LogP contribution in [-0.4, -0.2) is 46.0 Å². The van der Waals surface area contributed by atoms with E-state index in [2.05, 4.69) is 0 Å². The smallest absolute Gasteiger partial charge is 0.303 e. The topological polar surface area (TPSA) is 87.0 Å². The number of carbonyl (C=O) groups is 1. The summed E-state index contributed by atoms with van der Waals surface area (Å²) in [7, 11) is 0. The van der Waals surface area contributed by atoms with Crippen molar-refractivity contribution in [3.63, 3.8) is 0 Å². The summed E-state index contributed by atoms with van der Waals surface area (Å²) in [5, 5.41) is 28.9. The lowest BCUT2D eigenvalue weighted by molar-refractivity contribution is -0.137. The van der Waals surface area contributed by atoms with Gasteiger partial charge in [-0.05, 0) is 43.4 Å². The van der Waals surface area contributed by atoms with Crippen LogP contribution >= 0.6 is 0 Å². The Balaban J connectivity index is 1.89. The Morgan fingerprint density at radius 2 is 1.90 bits per heavy atom. The number of aliphatic carboxylic acids is 1. The van der Waals surface area contributed by atoms with E-state index in [0.717, 1.165) is 6.08 Å². The van der Waals surface area contributed by atoms with Gasteiger partial charge < -0.3 is 20.1 Å². The molecule has 1 fully saturated rings. The van der Waals surface area contributed by atoms with Crippen molar-refractivity contribution in [2.24, 2.45) is 11.8 Å². The fourth-order valence-corrected chi connectivity index (χ4v) is 3.45. The van der Waals surface area contributed by atoms with Crippen molar-refractivity contribution in [3.05, 3.63) is 54.6 Å². The average molecular weight is 410 g/mol. The van der Waals surface area contributed by atoms with E-state index < -0.39 is 36.6 Å². The number of aliphatic hydroxyl groups is 2. The molecule has 0 radical (unpaired) electrons. The van der Waals surface area contributed by atoms with Crippen LogP contribution in [0.25, 0.3) is 0 Å². The number of aliphatic hydroxyl groups excluding tert-OH is 2. The van der Waals surface area contributed by atoms with Crippen LogP contribution in [0.3, 0.4) is 0 Å². The number of alkyl halides is 2. The molecule has 2 rings (SSSR count). The molecular weight excluding hydrogens is 382 g/mol. The quantitative estimate of drug-likeness (QED) is 0.381. The number of allylic oxidation sites excluding steroid dienone is 2. The molecule has 0 aromatic heterocycles. The highest BCUT2D eigenvalue weighted by molar-refractivity contribution is 5.66. The Morgan fingerprint density at radius 1 is 1.17 bits per heavy atom. The van der Waals surface area contributed by atoms with Gasteiger partial charge in [0.25, 0.3) is 5.92 Å². The first-order chi connectivity index (χ1) is 13.8. The first kappa shape index (κ1) is 23.0. The fraction of sp³-hybridized carbons (Fsp3) is 0.500.